The molecule has 0 saturated carbocycles. The van der Waals surface area contributed by atoms with Gasteiger partial charge in [0.2, 0.25) is 0 Å². The smallest absolute Gasteiger partial charge is 0.345 e. The topological polar surface area (TPSA) is 81.0 Å². The van der Waals surface area contributed by atoms with Gasteiger partial charge in [-0.3, -0.25) is 4.90 Å². The Morgan fingerprint density at radius 1 is 1.59 bits per heavy atom. The first-order valence-corrected chi connectivity index (χ1v) is 6.28. The van der Waals surface area contributed by atoms with E-state index in [1.807, 2.05) is 4.90 Å². The van der Waals surface area contributed by atoms with Crippen LogP contribution < -0.4 is 0 Å². The van der Waals surface area contributed by atoms with Crippen LogP contribution in [-0.2, 0) is 13.0 Å². The summed E-state index contributed by atoms with van der Waals surface area (Å²) in [6.07, 6.45) is 0.0833. The molecular weight excluding hydrogens is 242 g/mol. The van der Waals surface area contributed by atoms with Crippen molar-refractivity contribution in [2.75, 3.05) is 19.7 Å². The zero-order chi connectivity index (χ0) is 12.4. The summed E-state index contributed by atoms with van der Waals surface area (Å²) >= 11 is 1.33. The molecular formula is C11H15NO4S. The van der Waals surface area contributed by atoms with Crippen LogP contribution in [-0.4, -0.2) is 52.0 Å². The maximum absolute atomic E-state index is 10.8. The number of hydrogen-bond donors (Lipinski definition) is 3. The second-order valence-electron chi connectivity index (χ2n) is 4.19. The minimum absolute atomic E-state index is 0.243. The van der Waals surface area contributed by atoms with E-state index in [4.69, 9.17) is 10.2 Å². The van der Waals surface area contributed by atoms with Crippen molar-refractivity contribution in [1.82, 2.24) is 4.90 Å². The van der Waals surface area contributed by atoms with Gasteiger partial charge in [-0.15, -0.1) is 11.3 Å². The van der Waals surface area contributed by atoms with Crippen molar-refractivity contribution in [3.05, 3.63) is 21.4 Å². The Bertz CT molecular complexity index is 418. The average Bonchev–Trinajstić information content (AvgIpc) is 2.72. The van der Waals surface area contributed by atoms with Crippen molar-refractivity contribution in [2.45, 2.75) is 19.1 Å². The van der Waals surface area contributed by atoms with E-state index in [2.05, 4.69) is 0 Å². The molecule has 5 nitrogen and oxygen atoms in total. The maximum atomic E-state index is 10.8. The lowest BCUT2D eigenvalue weighted by Crippen LogP contribution is -2.37. The van der Waals surface area contributed by atoms with Gasteiger partial charge in [0.15, 0.2) is 0 Å². The molecule has 1 aromatic heterocycles. The summed E-state index contributed by atoms with van der Waals surface area (Å²) < 4.78 is 0. The van der Waals surface area contributed by atoms with Crippen molar-refractivity contribution in [2.24, 2.45) is 0 Å². The molecule has 6 heteroatoms. The van der Waals surface area contributed by atoms with Crippen LogP contribution in [0.4, 0.5) is 0 Å². The van der Waals surface area contributed by atoms with Gasteiger partial charge in [-0.2, -0.15) is 0 Å². The molecule has 3 N–H and O–H groups in total. The summed E-state index contributed by atoms with van der Waals surface area (Å²) in [6, 6.07) is 1.71. The van der Waals surface area contributed by atoms with Crippen LogP contribution >= 0.6 is 11.3 Å². The van der Waals surface area contributed by atoms with Crippen molar-refractivity contribution in [1.29, 1.82) is 0 Å². The van der Waals surface area contributed by atoms with E-state index in [1.165, 1.54) is 11.3 Å². The summed E-state index contributed by atoms with van der Waals surface area (Å²) in [5, 5.41) is 27.1. The standard InChI is InChI=1S/C11H15NO4S/c13-6-8(14)5-12-2-1-9-7(4-12)3-10(17-9)11(15)16/h3,8,13-14H,1-2,4-6H2,(H,15,16). The van der Waals surface area contributed by atoms with Crippen LogP contribution in [0.2, 0.25) is 0 Å². The van der Waals surface area contributed by atoms with Gasteiger partial charge >= 0.3 is 5.97 Å². The van der Waals surface area contributed by atoms with Crippen molar-refractivity contribution in [3.63, 3.8) is 0 Å². The van der Waals surface area contributed by atoms with Crippen LogP contribution in [0.15, 0.2) is 6.07 Å². The highest BCUT2D eigenvalue weighted by molar-refractivity contribution is 7.14. The normalized spacial score (nSPS) is 17.8. The molecule has 0 bridgehead atoms. The third kappa shape index (κ3) is 2.84. The third-order valence-electron chi connectivity index (χ3n) is 2.84. The molecule has 2 rings (SSSR count). The second-order valence-corrected chi connectivity index (χ2v) is 5.32. The summed E-state index contributed by atoms with van der Waals surface area (Å²) in [5.74, 6) is -0.883. The SMILES string of the molecule is O=C(O)c1cc2c(s1)CCN(CC(O)CO)C2. The Kier molecular flexibility index (Phi) is 3.78. The fraction of sp³-hybridized carbons (Fsp3) is 0.545. The number of carboxylic acids is 1. The lowest BCUT2D eigenvalue weighted by atomic mass is 10.1. The Morgan fingerprint density at radius 2 is 2.35 bits per heavy atom. The molecule has 0 aliphatic carbocycles. The molecule has 0 saturated heterocycles. The van der Waals surface area contributed by atoms with Gasteiger partial charge in [-0.25, -0.2) is 4.79 Å². The van der Waals surface area contributed by atoms with Gasteiger partial charge in [-0.1, -0.05) is 0 Å². The number of aliphatic hydroxyl groups is 2. The molecule has 1 aliphatic heterocycles. The molecule has 0 spiro atoms. The fourth-order valence-electron chi connectivity index (χ4n) is 2.01. The van der Waals surface area contributed by atoms with Crippen LogP contribution in [0.5, 0.6) is 0 Å². The predicted octanol–water partition coefficient (Wildman–Crippen LogP) is 0.158. The van der Waals surface area contributed by atoms with Crippen molar-refractivity contribution in [3.8, 4) is 0 Å². The Hall–Kier alpha value is -0.950. The minimum Gasteiger partial charge on any atom is -0.477 e. The summed E-state index contributed by atoms with van der Waals surface area (Å²) in [6.45, 7) is 1.63. The number of hydrogen-bond acceptors (Lipinski definition) is 5. The molecule has 1 aromatic rings. The number of nitrogens with zero attached hydrogens (tertiary/aromatic N) is 1. The molecule has 1 unspecified atom stereocenters. The van der Waals surface area contributed by atoms with Gasteiger partial charge in [0.1, 0.15) is 4.88 Å². The number of aromatic carboxylic acids is 1. The van der Waals surface area contributed by atoms with Gasteiger partial charge in [0, 0.05) is 24.5 Å². The third-order valence-corrected chi connectivity index (χ3v) is 4.06. The number of fused-ring (bicyclic) bond motifs is 1. The molecule has 0 radical (unpaired) electrons. The molecule has 17 heavy (non-hydrogen) atoms. The average molecular weight is 257 g/mol. The zero-order valence-corrected chi connectivity index (χ0v) is 10.1. The van der Waals surface area contributed by atoms with E-state index in [0.29, 0.717) is 18.0 Å². The fourth-order valence-corrected chi connectivity index (χ4v) is 3.01. The highest BCUT2D eigenvalue weighted by atomic mass is 32.1. The first-order chi connectivity index (χ1) is 8.10. The molecule has 0 fully saturated rings. The van der Waals surface area contributed by atoms with Gasteiger partial charge in [0.25, 0.3) is 0 Å². The van der Waals surface area contributed by atoms with Crippen molar-refractivity contribution >= 4 is 17.3 Å². The Morgan fingerprint density at radius 3 is 3.00 bits per heavy atom. The number of thiophene rings is 1. The van der Waals surface area contributed by atoms with E-state index in [9.17, 15) is 9.90 Å². The minimum atomic E-state index is -0.883. The number of carboxylic acid groups (broad SMARTS) is 1. The molecule has 2 heterocycles. The molecule has 1 atom stereocenters. The molecule has 1 aliphatic rings. The summed E-state index contributed by atoms with van der Waals surface area (Å²) in [4.78, 5) is 14.4. The van der Waals surface area contributed by atoms with Gasteiger partial charge in [0.05, 0.1) is 12.7 Å². The lowest BCUT2D eigenvalue weighted by Gasteiger charge is -2.28. The van der Waals surface area contributed by atoms with Crippen LogP contribution in [0.25, 0.3) is 0 Å². The summed E-state index contributed by atoms with van der Waals surface area (Å²) in [7, 11) is 0. The first-order valence-electron chi connectivity index (χ1n) is 5.46. The summed E-state index contributed by atoms with van der Waals surface area (Å²) in [5.41, 5.74) is 1.03. The number of aliphatic hydroxyl groups excluding tert-OH is 2. The quantitative estimate of drug-likeness (QED) is 0.716. The van der Waals surface area contributed by atoms with Crippen LogP contribution in [0, 0.1) is 0 Å². The predicted molar refractivity (Wildman–Crippen MR) is 63.4 cm³/mol. The lowest BCUT2D eigenvalue weighted by molar-refractivity contribution is 0.0553. The monoisotopic (exact) mass is 257 g/mol. The van der Waals surface area contributed by atoms with Crippen LogP contribution in [0.3, 0.4) is 0 Å². The maximum Gasteiger partial charge on any atom is 0.345 e. The number of β-amino-alcohol motifs (C(OH)–C–C–N with tert-alkyl or cyclic N) is 1. The zero-order valence-electron chi connectivity index (χ0n) is 9.30. The number of carbonyl (C=O) groups is 1. The Balaban J connectivity index is 2.05. The van der Waals surface area contributed by atoms with Gasteiger partial charge in [-0.05, 0) is 18.1 Å². The largest absolute Gasteiger partial charge is 0.477 e. The van der Waals surface area contributed by atoms with Crippen molar-refractivity contribution < 1.29 is 20.1 Å². The van der Waals surface area contributed by atoms with Gasteiger partial charge < -0.3 is 15.3 Å². The molecule has 0 aromatic carbocycles. The van der Waals surface area contributed by atoms with E-state index >= 15 is 0 Å². The van der Waals surface area contributed by atoms with E-state index in [0.717, 1.165) is 23.4 Å². The highest BCUT2D eigenvalue weighted by Crippen LogP contribution is 2.28. The first kappa shape index (κ1) is 12.5. The van der Waals surface area contributed by atoms with E-state index in [-0.39, 0.29) is 6.61 Å². The second kappa shape index (κ2) is 5.14. The molecule has 94 valence electrons. The van der Waals surface area contributed by atoms with E-state index < -0.39 is 12.1 Å². The van der Waals surface area contributed by atoms with Crippen LogP contribution in [0.1, 0.15) is 20.1 Å². The molecule has 0 amide bonds. The highest BCUT2D eigenvalue weighted by Gasteiger charge is 2.22. The number of rotatable bonds is 4. The Labute approximate surface area is 103 Å². The van der Waals surface area contributed by atoms with E-state index in [1.54, 1.807) is 6.07 Å².